The first-order valence-corrected chi connectivity index (χ1v) is 45.9. The topological polar surface area (TPSA) is 78.0 Å². The van der Waals surface area contributed by atoms with E-state index in [0.717, 1.165) is 67.5 Å². The number of benzene rings is 18. The lowest BCUT2D eigenvalue weighted by Crippen LogP contribution is -2.17. The first-order valence-electron chi connectivity index (χ1n) is 45.9. The van der Waals surface area contributed by atoms with Crippen molar-refractivity contribution in [2.24, 2.45) is 0 Å². The fourth-order valence-electron chi connectivity index (χ4n) is 22.3. The lowest BCUT2D eigenvalue weighted by atomic mass is 10.1. The van der Waals surface area contributed by atoms with Crippen LogP contribution >= 0.6 is 0 Å². The summed E-state index contributed by atoms with van der Waals surface area (Å²) >= 11 is 0. The first kappa shape index (κ1) is 75.6. The molecular weight excluding hydrogens is 1650 g/mol. The molecule has 9 aromatic heterocycles. The van der Waals surface area contributed by atoms with Crippen LogP contribution in [-0.4, -0.2) is 42.4 Å². The van der Waals surface area contributed by atoms with Gasteiger partial charge in [0.15, 0.2) is 0 Å². The Labute approximate surface area is 775 Å². The molecule has 0 saturated carbocycles. The molecule has 0 amide bonds. The van der Waals surface area contributed by atoms with Crippen LogP contribution in [0.4, 0.5) is 51.2 Å². The molecule has 0 fully saturated rings. The van der Waals surface area contributed by atoms with E-state index in [-0.39, 0.29) is 0 Å². The smallest absolute Gasteiger partial charge is 0.0784 e. The maximum Gasteiger partial charge on any atom is 0.0784 e. The minimum Gasteiger partial charge on any atom is -0.309 e. The van der Waals surface area contributed by atoms with E-state index in [1.807, 2.05) is 55.4 Å². The Bertz CT molecular complexity index is 9410. The number of para-hydroxylation sites is 15. The number of nitrogens with zero attached hydrogens (tertiary/aromatic N) is 12. The number of fused-ring (bicyclic) bond motifs is 25. The molecule has 3 aliphatic rings. The average Bonchev–Trinajstić information content (AvgIpc) is 1.53. The van der Waals surface area contributed by atoms with E-state index in [2.05, 4.69) is 476 Å². The Morgan fingerprint density at radius 3 is 0.867 bits per heavy atom. The van der Waals surface area contributed by atoms with Gasteiger partial charge in [0.25, 0.3) is 0 Å². The van der Waals surface area contributed by atoms with Gasteiger partial charge in [-0.25, -0.2) is 0 Å². The van der Waals surface area contributed by atoms with E-state index in [0.29, 0.717) is 0 Å². The summed E-state index contributed by atoms with van der Waals surface area (Å²) in [4.78, 5) is 20.3. The lowest BCUT2D eigenvalue weighted by Gasteiger charge is -2.33. The van der Waals surface area contributed by atoms with Gasteiger partial charge in [0.1, 0.15) is 0 Å². The van der Waals surface area contributed by atoms with Crippen LogP contribution in [0.3, 0.4) is 0 Å². The molecule has 0 unspecified atom stereocenters. The van der Waals surface area contributed by atoms with Crippen molar-refractivity contribution >= 4 is 182 Å². The monoisotopic (exact) mass is 1720 g/mol. The van der Waals surface area contributed by atoms with Crippen molar-refractivity contribution in [3.05, 3.63) is 474 Å². The van der Waals surface area contributed by atoms with Gasteiger partial charge in [-0.15, -0.1) is 0 Å². The van der Waals surface area contributed by atoms with Crippen molar-refractivity contribution in [2.45, 2.75) is 0 Å². The highest BCUT2D eigenvalue weighted by atomic mass is 15.2. The van der Waals surface area contributed by atoms with Gasteiger partial charge in [0.05, 0.1) is 117 Å². The van der Waals surface area contributed by atoms with E-state index in [4.69, 9.17) is 0 Å². The summed E-state index contributed by atoms with van der Waals surface area (Å²) in [6.45, 7) is 0. The highest BCUT2D eigenvalue weighted by molar-refractivity contribution is 6.30. The third kappa shape index (κ3) is 11.5. The summed E-state index contributed by atoms with van der Waals surface area (Å²) in [5, 5.41) is 15.0. The van der Waals surface area contributed by atoms with Crippen LogP contribution in [0, 0.1) is 0 Å². The van der Waals surface area contributed by atoms with Crippen molar-refractivity contribution in [3.8, 4) is 67.5 Å². The molecule has 135 heavy (non-hydrogen) atoms. The minimum atomic E-state index is 1.11. The van der Waals surface area contributed by atoms with Crippen LogP contribution in [-0.2, 0) is 0 Å². The van der Waals surface area contributed by atoms with Gasteiger partial charge >= 0.3 is 0 Å². The normalized spacial score (nSPS) is 12.4. The number of anilines is 9. The molecule has 27 aromatic rings. The molecule has 0 bridgehead atoms. The van der Waals surface area contributed by atoms with Gasteiger partial charge in [-0.3, -0.25) is 15.0 Å². The molecule has 3 aliphatic heterocycles. The van der Waals surface area contributed by atoms with Crippen LogP contribution in [0.25, 0.3) is 198 Å². The molecule has 0 spiro atoms. The molecular formula is C123H78N12. The second-order valence-electron chi connectivity index (χ2n) is 35.1. The maximum atomic E-state index is 4.39. The van der Waals surface area contributed by atoms with Crippen LogP contribution < -0.4 is 14.7 Å². The molecule has 0 saturated heterocycles. The molecule has 12 heterocycles. The van der Waals surface area contributed by atoms with Crippen LogP contribution in [0.5, 0.6) is 0 Å². The Morgan fingerprint density at radius 1 is 0.141 bits per heavy atom. The van der Waals surface area contributed by atoms with Gasteiger partial charge in [0.2, 0.25) is 0 Å². The fourth-order valence-corrected chi connectivity index (χ4v) is 22.3. The van der Waals surface area contributed by atoms with Crippen LogP contribution in [0.1, 0.15) is 0 Å². The molecule has 0 atom stereocenters. The SMILES string of the molecule is c1ccc(N2c3ccccc3-n3c4cc5c(cc4c4cccc2c43)c2ccccc2n5-c2cccc(-c3cccnc3)c2)cc1.c1ccc(N2c3ccccc3-n3c4cc5c6ccccc6n(-c6cccc(-c7cccnc7)c6)c5cc4c4cccc2c43)cc1.c1ccc(N2c3ccccc3-n3c4ccc5c6ccccc6n(-c6cccc(-c7cccnc7)c6)c5c4c4cccc2c43)cc1. The van der Waals surface area contributed by atoms with Crippen LogP contribution in [0.2, 0.25) is 0 Å². The van der Waals surface area contributed by atoms with E-state index < -0.39 is 0 Å². The Morgan fingerprint density at radius 2 is 0.430 bits per heavy atom. The van der Waals surface area contributed by atoms with E-state index in [1.165, 1.54) is 182 Å². The van der Waals surface area contributed by atoms with Crippen molar-refractivity contribution in [1.82, 2.24) is 42.4 Å². The standard InChI is InChI=1S/3C41H26N4/c1-2-13-29(14-3-1)43-35-19-6-7-20-36(35)45-37-23-22-32-31-16-4-5-18-34(31)44(41(32)39(37)33-17-9-21-38(43)40(33)45)30-15-8-11-27(25-30)28-12-10-24-42-26-28;1-2-13-29(14-3-1)43-36-19-6-7-20-37(36)45-40-24-33-31-16-4-5-18-35(31)44(30-15-8-11-27(23-30)28-12-10-22-42-26-28)39(33)25-34(40)32-17-9-21-38(43)41(32)45;1-2-13-29(14-3-1)43-36-19-6-7-20-37(36)45-40-25-39-33(24-34(40)32-17-9-21-38(43)41(32)45)31-16-4-5-18-35(31)44(39)30-15-8-11-27(23-30)28-12-10-22-42-26-28/h3*1-26H. The largest absolute Gasteiger partial charge is 0.309 e. The van der Waals surface area contributed by atoms with Crippen molar-refractivity contribution < 1.29 is 0 Å². The Hall–Kier alpha value is -18.4. The van der Waals surface area contributed by atoms with Gasteiger partial charge in [-0.1, -0.05) is 243 Å². The van der Waals surface area contributed by atoms with Gasteiger partial charge < -0.3 is 42.1 Å². The number of pyridine rings is 3. The van der Waals surface area contributed by atoms with E-state index >= 15 is 0 Å². The molecule has 630 valence electrons. The molecule has 0 aliphatic carbocycles. The number of hydrogen-bond acceptors (Lipinski definition) is 6. The summed E-state index contributed by atoms with van der Waals surface area (Å²) in [6, 6.07) is 158. The van der Waals surface area contributed by atoms with Crippen molar-refractivity contribution in [3.63, 3.8) is 0 Å². The average molecular weight is 1720 g/mol. The molecule has 12 nitrogen and oxygen atoms in total. The molecule has 18 aromatic carbocycles. The number of aromatic nitrogens is 9. The third-order valence-electron chi connectivity index (χ3n) is 27.8. The maximum absolute atomic E-state index is 4.39. The fraction of sp³-hybridized carbons (Fsp3) is 0. The van der Waals surface area contributed by atoms with Gasteiger partial charge in [0, 0.05) is 153 Å². The zero-order valence-electron chi connectivity index (χ0n) is 72.9. The second-order valence-corrected chi connectivity index (χ2v) is 35.1. The number of hydrogen-bond donors (Lipinski definition) is 0. The van der Waals surface area contributed by atoms with E-state index in [1.54, 1.807) is 0 Å². The predicted molar refractivity (Wildman–Crippen MR) is 560 cm³/mol. The van der Waals surface area contributed by atoms with Crippen LogP contribution in [0.15, 0.2) is 474 Å². The zero-order valence-corrected chi connectivity index (χ0v) is 72.9. The third-order valence-corrected chi connectivity index (χ3v) is 27.8. The predicted octanol–water partition coefficient (Wildman–Crippen LogP) is 32.2. The summed E-state index contributed by atoms with van der Waals surface area (Å²) in [5.74, 6) is 0. The Balaban J connectivity index is 0.000000101. The lowest BCUT2D eigenvalue weighted by molar-refractivity contribution is 1.11. The molecule has 12 heteroatoms. The first-order chi connectivity index (χ1) is 67.1. The summed E-state index contributed by atoms with van der Waals surface area (Å²) < 4.78 is 14.7. The quantitative estimate of drug-likeness (QED) is 0.143. The van der Waals surface area contributed by atoms with Crippen molar-refractivity contribution in [1.29, 1.82) is 0 Å². The van der Waals surface area contributed by atoms with E-state index in [9.17, 15) is 0 Å². The molecule has 0 radical (unpaired) electrons. The highest BCUT2D eigenvalue weighted by Crippen LogP contribution is 2.56. The molecule has 30 rings (SSSR count). The molecule has 0 N–H and O–H groups in total. The summed E-state index contributed by atoms with van der Waals surface area (Å²) in [7, 11) is 0. The summed E-state index contributed by atoms with van der Waals surface area (Å²) in [6.07, 6.45) is 11.3. The minimum absolute atomic E-state index is 1.11. The Kier molecular flexibility index (Phi) is 16.9. The highest BCUT2D eigenvalue weighted by Gasteiger charge is 2.35. The summed E-state index contributed by atoms with van der Waals surface area (Å²) in [5.41, 5.74) is 38.8. The second kappa shape index (κ2) is 30.1. The van der Waals surface area contributed by atoms with Gasteiger partial charge in [-0.05, 0) is 211 Å². The van der Waals surface area contributed by atoms with Crippen molar-refractivity contribution in [2.75, 3.05) is 14.7 Å². The number of rotatable bonds is 9. The zero-order chi connectivity index (χ0) is 88.5. The van der Waals surface area contributed by atoms with Gasteiger partial charge in [-0.2, -0.15) is 0 Å².